The number of amides is 1. The number of aromatic nitrogens is 1. The molecule has 6 N–H and O–H groups in total. The number of rotatable bonds is 11. The van der Waals surface area contributed by atoms with Gasteiger partial charge in [-0.2, -0.15) is 8.42 Å². The molecule has 0 fully saturated rings. The Bertz CT molecular complexity index is 897. The molecule has 0 aliphatic heterocycles. The van der Waals surface area contributed by atoms with Gasteiger partial charge in [-0.05, 0) is 51.0 Å². The summed E-state index contributed by atoms with van der Waals surface area (Å²) in [7, 11) is -3.68. The third-order valence-electron chi connectivity index (χ3n) is 3.84. The van der Waals surface area contributed by atoms with Crippen LogP contribution in [0.15, 0.2) is 29.6 Å². The lowest BCUT2D eigenvalue weighted by molar-refractivity contribution is -0.117. The number of hydrogen-bond donors (Lipinski definition) is 4. The fraction of sp³-hybridized carbons (Fsp3) is 0.444. The number of nitrogens with one attached hydrogen (secondary N) is 2. The van der Waals surface area contributed by atoms with Crippen molar-refractivity contribution in [2.45, 2.75) is 45.3 Å². The lowest BCUT2D eigenvalue weighted by Crippen LogP contribution is -2.36. The summed E-state index contributed by atoms with van der Waals surface area (Å²) in [5.74, 6) is 0.462. The Kier molecular flexibility index (Phi) is 8.53. The number of benzene rings is 1. The van der Waals surface area contributed by atoms with Crippen LogP contribution in [0, 0.1) is 0 Å². The largest absolute Gasteiger partial charge is 0.491 e. The Morgan fingerprint density at radius 3 is 2.55 bits per heavy atom. The van der Waals surface area contributed by atoms with Crippen LogP contribution in [0.5, 0.6) is 5.75 Å². The van der Waals surface area contributed by atoms with Gasteiger partial charge >= 0.3 is 0 Å². The van der Waals surface area contributed by atoms with E-state index in [1.807, 2.05) is 43.5 Å². The zero-order valence-electron chi connectivity index (χ0n) is 16.4. The Balaban J connectivity index is 1.82. The molecule has 0 unspecified atom stereocenters. The highest BCUT2D eigenvalue weighted by molar-refractivity contribution is 7.87. The minimum atomic E-state index is -3.68. The standard InChI is InChI=1S/C18H27N5O4S2/c1-12(2)27-14-8-6-13(7-9-14)16-11-28-18(22-16)23-17(24)15(19)5-3-4-10-21-29(20,25)26/h6-9,11-12,15,21H,3-5,10,19H2,1-2H3,(H2,20,25,26)(H,22,23,24)/t15-/m0/s1. The zero-order chi connectivity index (χ0) is 21.4. The number of unbranched alkanes of at least 4 members (excludes halogenated alkanes) is 1. The van der Waals surface area contributed by atoms with Gasteiger partial charge in [0.2, 0.25) is 5.91 Å². The molecule has 9 nitrogen and oxygen atoms in total. The van der Waals surface area contributed by atoms with Crippen LogP contribution in [0.4, 0.5) is 5.13 Å². The van der Waals surface area contributed by atoms with Gasteiger partial charge in [-0.15, -0.1) is 11.3 Å². The van der Waals surface area contributed by atoms with Crippen LogP contribution >= 0.6 is 11.3 Å². The maximum Gasteiger partial charge on any atom is 0.274 e. The predicted octanol–water partition coefficient (Wildman–Crippen LogP) is 1.83. The van der Waals surface area contributed by atoms with Crippen LogP contribution in [0.25, 0.3) is 11.3 Å². The third kappa shape index (κ3) is 8.46. The summed E-state index contributed by atoms with van der Waals surface area (Å²) in [6.07, 6.45) is 1.66. The zero-order valence-corrected chi connectivity index (χ0v) is 18.1. The second-order valence-electron chi connectivity index (χ2n) is 6.76. The highest BCUT2D eigenvalue weighted by Gasteiger charge is 2.15. The molecule has 0 aliphatic rings. The molecule has 0 aliphatic carbocycles. The van der Waals surface area contributed by atoms with Crippen LogP contribution in [-0.4, -0.2) is 38.0 Å². The van der Waals surface area contributed by atoms with E-state index in [4.69, 9.17) is 15.6 Å². The van der Waals surface area contributed by atoms with Crippen molar-refractivity contribution in [3.63, 3.8) is 0 Å². The smallest absolute Gasteiger partial charge is 0.274 e. The van der Waals surface area contributed by atoms with Gasteiger partial charge in [0.25, 0.3) is 10.2 Å². The summed E-state index contributed by atoms with van der Waals surface area (Å²) in [6.45, 7) is 4.15. The van der Waals surface area contributed by atoms with E-state index in [0.29, 0.717) is 24.4 Å². The molecule has 1 heterocycles. The molecule has 0 bridgehead atoms. The van der Waals surface area contributed by atoms with Crippen molar-refractivity contribution in [2.24, 2.45) is 10.9 Å². The molecular weight excluding hydrogens is 414 g/mol. The summed E-state index contributed by atoms with van der Waals surface area (Å²) < 4.78 is 29.4. The van der Waals surface area contributed by atoms with Crippen molar-refractivity contribution in [3.8, 4) is 17.0 Å². The monoisotopic (exact) mass is 441 g/mol. The van der Waals surface area contributed by atoms with Crippen LogP contribution in [0.2, 0.25) is 0 Å². The maximum absolute atomic E-state index is 12.2. The van der Waals surface area contributed by atoms with Gasteiger partial charge in [-0.3, -0.25) is 4.79 Å². The van der Waals surface area contributed by atoms with Crippen molar-refractivity contribution in [2.75, 3.05) is 11.9 Å². The van der Waals surface area contributed by atoms with Gasteiger partial charge in [0.15, 0.2) is 5.13 Å². The average molecular weight is 442 g/mol. The molecule has 0 saturated heterocycles. The van der Waals surface area contributed by atoms with E-state index in [1.54, 1.807) is 0 Å². The van der Waals surface area contributed by atoms with Crippen LogP contribution < -0.4 is 25.6 Å². The van der Waals surface area contributed by atoms with E-state index in [0.717, 1.165) is 17.0 Å². The van der Waals surface area contributed by atoms with Gasteiger partial charge < -0.3 is 15.8 Å². The summed E-state index contributed by atoms with van der Waals surface area (Å²) in [6, 6.07) is 6.89. The van der Waals surface area contributed by atoms with Crippen molar-refractivity contribution < 1.29 is 17.9 Å². The first kappa shape index (κ1) is 23.2. The number of carbonyl (C=O) groups is 1. The topological polar surface area (TPSA) is 149 Å². The highest BCUT2D eigenvalue weighted by atomic mass is 32.2. The lowest BCUT2D eigenvalue weighted by atomic mass is 10.1. The SMILES string of the molecule is CC(C)Oc1ccc(-c2csc(NC(=O)[C@@H](N)CCCCNS(N)(=O)=O)n2)cc1. The minimum absolute atomic E-state index is 0.108. The molecule has 2 rings (SSSR count). The Morgan fingerprint density at radius 2 is 1.93 bits per heavy atom. The number of hydrogen-bond acceptors (Lipinski definition) is 7. The van der Waals surface area contributed by atoms with Gasteiger partial charge in [-0.25, -0.2) is 14.8 Å². The van der Waals surface area contributed by atoms with Crippen molar-refractivity contribution in [1.82, 2.24) is 9.71 Å². The molecule has 0 saturated carbocycles. The summed E-state index contributed by atoms with van der Waals surface area (Å²) in [5.41, 5.74) is 7.57. The number of nitrogens with two attached hydrogens (primary N) is 2. The highest BCUT2D eigenvalue weighted by Crippen LogP contribution is 2.27. The van der Waals surface area contributed by atoms with Gasteiger partial charge in [0.1, 0.15) is 5.75 Å². The van der Waals surface area contributed by atoms with Crippen LogP contribution in [0.3, 0.4) is 0 Å². The maximum atomic E-state index is 12.2. The third-order valence-corrected chi connectivity index (χ3v) is 5.20. The molecule has 0 spiro atoms. The molecule has 160 valence electrons. The summed E-state index contributed by atoms with van der Waals surface area (Å²) in [4.78, 5) is 16.6. The first-order chi connectivity index (χ1) is 13.6. The fourth-order valence-corrected chi connectivity index (χ4v) is 3.62. The van der Waals surface area contributed by atoms with E-state index >= 15 is 0 Å². The molecule has 1 amide bonds. The van der Waals surface area contributed by atoms with E-state index < -0.39 is 16.3 Å². The lowest BCUT2D eigenvalue weighted by Gasteiger charge is -2.10. The van der Waals surface area contributed by atoms with Crippen LogP contribution in [-0.2, 0) is 15.0 Å². The molecule has 29 heavy (non-hydrogen) atoms. The number of thiazole rings is 1. The average Bonchev–Trinajstić information content (AvgIpc) is 3.08. The summed E-state index contributed by atoms with van der Waals surface area (Å²) in [5, 5.41) is 9.89. The molecule has 0 radical (unpaired) electrons. The number of ether oxygens (including phenoxy) is 1. The molecule has 1 aromatic carbocycles. The fourth-order valence-electron chi connectivity index (χ4n) is 2.47. The predicted molar refractivity (Wildman–Crippen MR) is 115 cm³/mol. The number of carbonyl (C=O) groups excluding carboxylic acids is 1. The van der Waals surface area contributed by atoms with E-state index in [1.165, 1.54) is 11.3 Å². The Morgan fingerprint density at radius 1 is 1.24 bits per heavy atom. The second kappa shape index (κ2) is 10.6. The van der Waals surface area contributed by atoms with Crippen molar-refractivity contribution >= 4 is 32.6 Å². The number of nitrogens with zero attached hydrogens (tertiary/aromatic N) is 1. The van der Waals surface area contributed by atoms with E-state index in [9.17, 15) is 13.2 Å². The first-order valence-corrected chi connectivity index (χ1v) is 11.6. The molecule has 1 aromatic heterocycles. The van der Waals surface area contributed by atoms with Gasteiger partial charge in [0, 0.05) is 17.5 Å². The second-order valence-corrected chi connectivity index (χ2v) is 9.00. The van der Waals surface area contributed by atoms with Crippen LogP contribution in [0.1, 0.15) is 33.1 Å². The molecule has 1 atom stereocenters. The van der Waals surface area contributed by atoms with Crippen molar-refractivity contribution in [1.29, 1.82) is 0 Å². The van der Waals surface area contributed by atoms with E-state index in [-0.39, 0.29) is 18.6 Å². The van der Waals surface area contributed by atoms with E-state index in [2.05, 4.69) is 15.0 Å². The quantitative estimate of drug-likeness (QED) is 0.391. The molecule has 11 heteroatoms. The molecule has 2 aromatic rings. The van der Waals surface area contributed by atoms with Gasteiger partial charge in [-0.1, -0.05) is 6.42 Å². The van der Waals surface area contributed by atoms with Crippen molar-refractivity contribution in [3.05, 3.63) is 29.6 Å². The summed E-state index contributed by atoms with van der Waals surface area (Å²) >= 11 is 1.32. The Hall–Kier alpha value is -2.05. The normalized spacial score (nSPS) is 12.7. The first-order valence-electron chi connectivity index (χ1n) is 9.20. The molecular formula is C18H27N5O4S2. The minimum Gasteiger partial charge on any atom is -0.491 e. The van der Waals surface area contributed by atoms with Gasteiger partial charge in [0.05, 0.1) is 17.8 Å². The Labute approximate surface area is 175 Å². The number of anilines is 1.